The molecule has 0 spiro atoms. The molecule has 0 aliphatic heterocycles. The molecule has 0 amide bonds. The molecule has 1 heterocycles. The summed E-state index contributed by atoms with van der Waals surface area (Å²) >= 11 is 3.41. The number of nitrogens with zero attached hydrogens (tertiary/aromatic N) is 1. The Hall–Kier alpha value is -0.120. The molecular weight excluding hydrogens is 275 g/mol. The molecule has 0 aliphatic carbocycles. The third kappa shape index (κ3) is 4.96. The quantitative estimate of drug-likeness (QED) is 0.860. The highest BCUT2D eigenvalue weighted by Crippen LogP contribution is 2.23. The maximum absolute atomic E-state index is 6.07. The fourth-order valence-electron chi connectivity index (χ4n) is 1.34. The summed E-state index contributed by atoms with van der Waals surface area (Å²) in [5, 5.41) is 0. The standard InChI is InChI=1S/C11H17BrN2.ClH/c1-8(2)5-6-10(13)9-4-3-7-14-11(9)12;/h3-4,7-8,10H,5-6,13H2,1-2H3;1H/t10-;/m1./s1. The van der Waals surface area contributed by atoms with E-state index in [0.717, 1.165) is 23.0 Å². The second-order valence-electron chi connectivity index (χ2n) is 3.96. The van der Waals surface area contributed by atoms with E-state index < -0.39 is 0 Å². The van der Waals surface area contributed by atoms with Crippen molar-refractivity contribution in [1.82, 2.24) is 4.98 Å². The summed E-state index contributed by atoms with van der Waals surface area (Å²) in [5.74, 6) is 0.705. The van der Waals surface area contributed by atoms with E-state index in [4.69, 9.17) is 5.73 Å². The lowest BCUT2D eigenvalue weighted by molar-refractivity contribution is 0.505. The average Bonchev–Trinajstić information content (AvgIpc) is 2.15. The molecule has 0 radical (unpaired) electrons. The van der Waals surface area contributed by atoms with Gasteiger partial charge in [-0.25, -0.2) is 4.98 Å². The van der Waals surface area contributed by atoms with Gasteiger partial charge in [-0.05, 0) is 40.8 Å². The van der Waals surface area contributed by atoms with Gasteiger partial charge in [0.1, 0.15) is 4.60 Å². The van der Waals surface area contributed by atoms with Gasteiger partial charge < -0.3 is 5.73 Å². The van der Waals surface area contributed by atoms with E-state index in [1.165, 1.54) is 0 Å². The highest BCUT2D eigenvalue weighted by atomic mass is 79.9. The van der Waals surface area contributed by atoms with E-state index in [-0.39, 0.29) is 18.4 Å². The van der Waals surface area contributed by atoms with Gasteiger partial charge in [-0.2, -0.15) is 0 Å². The zero-order chi connectivity index (χ0) is 10.6. The fourth-order valence-corrected chi connectivity index (χ4v) is 1.89. The van der Waals surface area contributed by atoms with E-state index in [2.05, 4.69) is 34.8 Å². The zero-order valence-electron chi connectivity index (χ0n) is 9.11. The van der Waals surface area contributed by atoms with Crippen LogP contribution in [0.2, 0.25) is 0 Å². The molecule has 0 unspecified atom stereocenters. The fraction of sp³-hybridized carbons (Fsp3) is 0.545. The van der Waals surface area contributed by atoms with E-state index in [0.29, 0.717) is 5.92 Å². The first-order valence-electron chi connectivity index (χ1n) is 4.97. The second-order valence-corrected chi connectivity index (χ2v) is 4.71. The van der Waals surface area contributed by atoms with Gasteiger partial charge >= 0.3 is 0 Å². The van der Waals surface area contributed by atoms with E-state index >= 15 is 0 Å². The first kappa shape index (κ1) is 14.9. The lowest BCUT2D eigenvalue weighted by atomic mass is 10.00. The minimum atomic E-state index is 0. The highest BCUT2D eigenvalue weighted by molar-refractivity contribution is 9.10. The number of aromatic nitrogens is 1. The lowest BCUT2D eigenvalue weighted by Gasteiger charge is -2.14. The minimum absolute atomic E-state index is 0. The van der Waals surface area contributed by atoms with Crippen LogP contribution in [0.4, 0.5) is 0 Å². The Morgan fingerprint density at radius 2 is 2.07 bits per heavy atom. The van der Waals surface area contributed by atoms with Crippen molar-refractivity contribution < 1.29 is 0 Å². The molecule has 1 aromatic heterocycles. The van der Waals surface area contributed by atoms with Gasteiger partial charge in [-0.15, -0.1) is 12.4 Å². The second kappa shape index (κ2) is 7.20. The van der Waals surface area contributed by atoms with Crippen molar-refractivity contribution in [2.75, 3.05) is 0 Å². The molecule has 1 rings (SSSR count). The van der Waals surface area contributed by atoms with Crippen LogP contribution in [0.5, 0.6) is 0 Å². The van der Waals surface area contributed by atoms with Gasteiger partial charge in [0.15, 0.2) is 0 Å². The van der Waals surface area contributed by atoms with Crippen LogP contribution in [0.15, 0.2) is 22.9 Å². The first-order valence-corrected chi connectivity index (χ1v) is 5.76. The van der Waals surface area contributed by atoms with Gasteiger partial charge in [-0.1, -0.05) is 19.9 Å². The maximum Gasteiger partial charge on any atom is 0.110 e. The number of pyridine rings is 1. The topological polar surface area (TPSA) is 38.9 Å². The van der Waals surface area contributed by atoms with Crippen LogP contribution in [0.25, 0.3) is 0 Å². The molecule has 0 aromatic carbocycles. The lowest BCUT2D eigenvalue weighted by Crippen LogP contribution is -2.12. The van der Waals surface area contributed by atoms with Crippen LogP contribution in [0, 0.1) is 5.92 Å². The summed E-state index contributed by atoms with van der Waals surface area (Å²) in [4.78, 5) is 4.16. The van der Waals surface area contributed by atoms with Gasteiger partial charge in [-0.3, -0.25) is 0 Å². The summed E-state index contributed by atoms with van der Waals surface area (Å²) in [5.41, 5.74) is 7.18. The molecule has 0 saturated carbocycles. The number of halogens is 2. The van der Waals surface area contributed by atoms with Crippen LogP contribution >= 0.6 is 28.3 Å². The highest BCUT2D eigenvalue weighted by Gasteiger charge is 2.10. The third-order valence-corrected chi connectivity index (χ3v) is 2.91. The molecule has 2 nitrogen and oxygen atoms in total. The van der Waals surface area contributed by atoms with Crippen molar-refractivity contribution in [2.24, 2.45) is 11.7 Å². The van der Waals surface area contributed by atoms with Crippen molar-refractivity contribution in [3.63, 3.8) is 0 Å². The van der Waals surface area contributed by atoms with Crippen molar-refractivity contribution in [1.29, 1.82) is 0 Å². The summed E-state index contributed by atoms with van der Waals surface area (Å²) in [6.07, 6.45) is 3.94. The Kier molecular flexibility index (Phi) is 7.14. The van der Waals surface area contributed by atoms with Gasteiger partial charge in [0.25, 0.3) is 0 Å². The Balaban J connectivity index is 0.00000196. The van der Waals surface area contributed by atoms with Crippen molar-refractivity contribution >= 4 is 28.3 Å². The number of hydrogen-bond donors (Lipinski definition) is 1. The number of hydrogen-bond acceptors (Lipinski definition) is 2. The van der Waals surface area contributed by atoms with E-state index in [1.54, 1.807) is 6.20 Å². The Morgan fingerprint density at radius 1 is 1.40 bits per heavy atom. The minimum Gasteiger partial charge on any atom is -0.324 e. The van der Waals surface area contributed by atoms with Crippen molar-refractivity contribution in [3.8, 4) is 0 Å². The SMILES string of the molecule is CC(C)CC[C@@H](N)c1cccnc1Br.Cl. The van der Waals surface area contributed by atoms with Crippen LogP contribution < -0.4 is 5.73 Å². The molecule has 86 valence electrons. The molecule has 4 heteroatoms. The smallest absolute Gasteiger partial charge is 0.110 e. The van der Waals surface area contributed by atoms with E-state index in [1.807, 2.05) is 12.1 Å². The summed E-state index contributed by atoms with van der Waals surface area (Å²) in [6.45, 7) is 4.43. The molecule has 0 fully saturated rings. The number of rotatable bonds is 4. The molecular formula is C11H18BrClN2. The molecule has 1 atom stereocenters. The third-order valence-electron chi connectivity index (χ3n) is 2.24. The van der Waals surface area contributed by atoms with Crippen molar-refractivity contribution in [2.45, 2.75) is 32.7 Å². The Bertz CT molecular complexity index is 292. The molecule has 15 heavy (non-hydrogen) atoms. The predicted molar refractivity (Wildman–Crippen MR) is 70.2 cm³/mol. The number of nitrogens with two attached hydrogens (primary N) is 1. The maximum atomic E-state index is 6.07. The molecule has 0 aliphatic rings. The molecule has 1 aromatic rings. The summed E-state index contributed by atoms with van der Waals surface area (Å²) in [7, 11) is 0. The molecule has 0 bridgehead atoms. The van der Waals surface area contributed by atoms with Gasteiger partial charge in [0, 0.05) is 17.8 Å². The summed E-state index contributed by atoms with van der Waals surface area (Å²) in [6, 6.07) is 4.05. The normalized spacial score (nSPS) is 12.3. The predicted octanol–water partition coefficient (Wildman–Crippen LogP) is 3.70. The van der Waals surface area contributed by atoms with Gasteiger partial charge in [0.05, 0.1) is 0 Å². The molecule has 0 saturated heterocycles. The first-order chi connectivity index (χ1) is 6.61. The van der Waals surface area contributed by atoms with Crippen LogP contribution in [0.1, 0.15) is 38.3 Å². The van der Waals surface area contributed by atoms with E-state index in [9.17, 15) is 0 Å². The van der Waals surface area contributed by atoms with Crippen LogP contribution in [0.3, 0.4) is 0 Å². The largest absolute Gasteiger partial charge is 0.324 e. The molecule has 2 N–H and O–H groups in total. The summed E-state index contributed by atoms with van der Waals surface area (Å²) < 4.78 is 0.872. The Labute approximate surface area is 106 Å². The average molecular weight is 294 g/mol. The monoisotopic (exact) mass is 292 g/mol. The Morgan fingerprint density at radius 3 is 2.60 bits per heavy atom. The van der Waals surface area contributed by atoms with Crippen LogP contribution in [-0.4, -0.2) is 4.98 Å². The zero-order valence-corrected chi connectivity index (χ0v) is 11.5. The van der Waals surface area contributed by atoms with Crippen molar-refractivity contribution in [3.05, 3.63) is 28.5 Å². The van der Waals surface area contributed by atoms with Gasteiger partial charge in [0.2, 0.25) is 0 Å². The van der Waals surface area contributed by atoms with Crippen LogP contribution in [-0.2, 0) is 0 Å².